The van der Waals surface area contributed by atoms with E-state index in [1.165, 1.54) is 16.7 Å². The molecule has 5 nitrogen and oxygen atoms in total. The molecule has 2 aromatic rings. The van der Waals surface area contributed by atoms with Crippen molar-refractivity contribution in [2.24, 2.45) is 7.05 Å². The van der Waals surface area contributed by atoms with Crippen LogP contribution < -0.4 is 0 Å². The summed E-state index contributed by atoms with van der Waals surface area (Å²) in [6, 6.07) is 9.19. The van der Waals surface area contributed by atoms with E-state index in [1.54, 1.807) is 0 Å². The Bertz CT molecular complexity index is 637. The Morgan fingerprint density at radius 1 is 1.12 bits per heavy atom. The van der Waals surface area contributed by atoms with E-state index >= 15 is 0 Å². The van der Waals surface area contributed by atoms with Gasteiger partial charge in [-0.15, -0.1) is 0 Å². The highest BCUT2D eigenvalue weighted by molar-refractivity contribution is 5.21. The van der Waals surface area contributed by atoms with Crippen LogP contribution in [0.4, 0.5) is 0 Å². The van der Waals surface area contributed by atoms with Gasteiger partial charge in [0.15, 0.2) is 0 Å². The lowest BCUT2D eigenvalue weighted by molar-refractivity contribution is 0.0500. The zero-order chi connectivity index (χ0) is 16.9. The fourth-order valence-corrected chi connectivity index (χ4v) is 3.47. The molecule has 5 heteroatoms. The van der Waals surface area contributed by atoms with Crippen molar-refractivity contribution in [3.63, 3.8) is 0 Å². The number of hydrogen-bond donors (Lipinski definition) is 1. The van der Waals surface area contributed by atoms with Gasteiger partial charge in [0.2, 0.25) is 0 Å². The normalized spacial score (nSPS) is 19.7. The summed E-state index contributed by atoms with van der Waals surface area (Å²) in [7, 11) is 1.96. The quantitative estimate of drug-likeness (QED) is 0.878. The minimum atomic E-state index is 0.246. The summed E-state index contributed by atoms with van der Waals surface area (Å²) >= 11 is 0. The first-order valence-electron chi connectivity index (χ1n) is 8.74. The van der Waals surface area contributed by atoms with Crippen molar-refractivity contribution >= 4 is 0 Å². The van der Waals surface area contributed by atoms with Crippen molar-refractivity contribution in [2.45, 2.75) is 32.5 Å². The first-order chi connectivity index (χ1) is 11.6. The molecule has 24 heavy (non-hydrogen) atoms. The van der Waals surface area contributed by atoms with Crippen LogP contribution in [0, 0.1) is 6.92 Å². The largest absolute Gasteiger partial charge is 0.396 e. The molecule has 0 amide bonds. The van der Waals surface area contributed by atoms with E-state index in [2.05, 4.69) is 52.3 Å². The molecule has 1 aromatic carbocycles. The van der Waals surface area contributed by atoms with Gasteiger partial charge in [-0.1, -0.05) is 29.8 Å². The van der Waals surface area contributed by atoms with Gasteiger partial charge in [-0.05, 0) is 18.9 Å². The van der Waals surface area contributed by atoms with Crippen molar-refractivity contribution in [3.05, 3.63) is 53.3 Å². The molecule has 0 radical (unpaired) electrons. The third-order valence-corrected chi connectivity index (χ3v) is 4.82. The first-order valence-corrected chi connectivity index (χ1v) is 8.74. The second kappa shape index (κ2) is 7.92. The number of aliphatic hydroxyl groups excluding tert-OH is 1. The molecule has 1 aliphatic heterocycles. The van der Waals surface area contributed by atoms with Crippen molar-refractivity contribution in [2.75, 3.05) is 26.2 Å². The zero-order valence-corrected chi connectivity index (χ0v) is 14.7. The number of piperazine rings is 1. The Labute approximate surface area is 144 Å². The summed E-state index contributed by atoms with van der Waals surface area (Å²) in [4.78, 5) is 4.99. The Morgan fingerprint density at radius 2 is 1.92 bits per heavy atom. The van der Waals surface area contributed by atoms with Gasteiger partial charge >= 0.3 is 0 Å². The molecule has 0 aliphatic carbocycles. The summed E-state index contributed by atoms with van der Waals surface area (Å²) in [5.41, 5.74) is 3.91. The van der Waals surface area contributed by atoms with Gasteiger partial charge in [0.1, 0.15) is 0 Å². The molecule has 0 saturated carbocycles. The smallest absolute Gasteiger partial charge is 0.0534 e. The number of aromatic nitrogens is 2. The molecule has 0 bridgehead atoms. The standard InChI is InChI=1S/C19H28N4O/c1-16-3-5-17(6-4-16)14-23-9-8-22(15-19(23)7-10-24)13-18-11-20-21(2)12-18/h3-6,11-12,19,24H,7-10,13-15H2,1-2H3. The van der Waals surface area contributed by atoms with E-state index in [-0.39, 0.29) is 6.61 Å². The summed E-state index contributed by atoms with van der Waals surface area (Å²) in [6.07, 6.45) is 4.86. The number of nitrogens with zero attached hydrogens (tertiary/aromatic N) is 4. The summed E-state index contributed by atoms with van der Waals surface area (Å²) in [5.74, 6) is 0. The van der Waals surface area contributed by atoms with E-state index in [4.69, 9.17) is 0 Å². The van der Waals surface area contributed by atoms with Gasteiger partial charge in [-0.3, -0.25) is 14.5 Å². The van der Waals surface area contributed by atoms with Crippen molar-refractivity contribution < 1.29 is 5.11 Å². The highest BCUT2D eigenvalue weighted by Crippen LogP contribution is 2.18. The maximum absolute atomic E-state index is 9.46. The van der Waals surface area contributed by atoms with Crippen LogP contribution in [0.5, 0.6) is 0 Å². The number of benzene rings is 1. The molecule has 1 aliphatic rings. The Balaban J connectivity index is 1.61. The van der Waals surface area contributed by atoms with E-state index in [0.717, 1.165) is 39.1 Å². The van der Waals surface area contributed by atoms with Crippen LogP contribution in [0.15, 0.2) is 36.7 Å². The molecule has 1 fully saturated rings. The fourth-order valence-electron chi connectivity index (χ4n) is 3.47. The average Bonchev–Trinajstić information content (AvgIpc) is 2.97. The molecule has 1 N–H and O–H groups in total. The van der Waals surface area contributed by atoms with Crippen LogP contribution in [-0.2, 0) is 20.1 Å². The summed E-state index contributed by atoms with van der Waals surface area (Å²) in [6.45, 7) is 7.37. The molecule has 2 heterocycles. The minimum absolute atomic E-state index is 0.246. The molecule has 1 unspecified atom stereocenters. The monoisotopic (exact) mass is 328 g/mol. The van der Waals surface area contributed by atoms with Gasteiger partial charge in [0.05, 0.1) is 6.20 Å². The van der Waals surface area contributed by atoms with Gasteiger partial charge in [-0.25, -0.2) is 0 Å². The van der Waals surface area contributed by atoms with Crippen LogP contribution in [0.3, 0.4) is 0 Å². The number of rotatable bonds is 6. The topological polar surface area (TPSA) is 44.5 Å². The van der Waals surface area contributed by atoms with Crippen LogP contribution >= 0.6 is 0 Å². The zero-order valence-electron chi connectivity index (χ0n) is 14.7. The molecular formula is C19H28N4O. The maximum atomic E-state index is 9.46. The Hall–Kier alpha value is -1.69. The van der Waals surface area contributed by atoms with Crippen molar-refractivity contribution in [1.82, 2.24) is 19.6 Å². The third kappa shape index (κ3) is 4.44. The predicted molar refractivity (Wildman–Crippen MR) is 95.6 cm³/mol. The SMILES string of the molecule is Cc1ccc(CN2CCN(Cc3cnn(C)c3)CC2CCO)cc1. The maximum Gasteiger partial charge on any atom is 0.0534 e. The molecule has 1 atom stereocenters. The number of aryl methyl sites for hydroxylation is 2. The highest BCUT2D eigenvalue weighted by Gasteiger charge is 2.26. The van der Waals surface area contributed by atoms with Gasteiger partial charge in [-0.2, -0.15) is 5.10 Å². The van der Waals surface area contributed by atoms with Gasteiger partial charge in [0, 0.05) is 64.2 Å². The molecule has 0 spiro atoms. The number of hydrogen-bond acceptors (Lipinski definition) is 4. The van der Waals surface area contributed by atoms with Crippen LogP contribution in [0.2, 0.25) is 0 Å². The Kier molecular flexibility index (Phi) is 5.66. The van der Waals surface area contributed by atoms with Crippen LogP contribution in [0.1, 0.15) is 23.1 Å². The third-order valence-electron chi connectivity index (χ3n) is 4.82. The molecule has 1 aromatic heterocycles. The lowest BCUT2D eigenvalue weighted by Gasteiger charge is -2.41. The average molecular weight is 328 g/mol. The molecular weight excluding hydrogens is 300 g/mol. The fraction of sp³-hybridized carbons (Fsp3) is 0.526. The van der Waals surface area contributed by atoms with Gasteiger partial charge in [0.25, 0.3) is 0 Å². The summed E-state index contributed by atoms with van der Waals surface area (Å²) in [5, 5.41) is 13.7. The minimum Gasteiger partial charge on any atom is -0.396 e. The number of aliphatic hydroxyl groups is 1. The lowest BCUT2D eigenvalue weighted by Crippen LogP contribution is -2.52. The summed E-state index contributed by atoms with van der Waals surface area (Å²) < 4.78 is 1.86. The highest BCUT2D eigenvalue weighted by atomic mass is 16.3. The van der Waals surface area contributed by atoms with Crippen LogP contribution in [-0.4, -0.2) is 57.0 Å². The van der Waals surface area contributed by atoms with E-state index in [0.29, 0.717) is 6.04 Å². The second-order valence-corrected chi connectivity index (χ2v) is 6.88. The first kappa shape index (κ1) is 17.1. The van der Waals surface area contributed by atoms with Crippen molar-refractivity contribution in [3.8, 4) is 0 Å². The molecule has 1 saturated heterocycles. The lowest BCUT2D eigenvalue weighted by atomic mass is 10.1. The second-order valence-electron chi connectivity index (χ2n) is 6.88. The van der Waals surface area contributed by atoms with Crippen molar-refractivity contribution in [1.29, 1.82) is 0 Å². The molecule has 130 valence electrons. The van der Waals surface area contributed by atoms with E-state index in [1.807, 2.05) is 17.9 Å². The van der Waals surface area contributed by atoms with E-state index in [9.17, 15) is 5.11 Å². The predicted octanol–water partition coefficient (Wildman–Crippen LogP) is 1.80. The Morgan fingerprint density at radius 3 is 2.58 bits per heavy atom. The van der Waals surface area contributed by atoms with E-state index < -0.39 is 0 Å². The van der Waals surface area contributed by atoms with Gasteiger partial charge < -0.3 is 5.11 Å². The molecule has 3 rings (SSSR count). The van der Waals surface area contributed by atoms with Crippen LogP contribution in [0.25, 0.3) is 0 Å².